The van der Waals surface area contributed by atoms with Gasteiger partial charge in [0.25, 0.3) is 5.69 Å². The Labute approximate surface area is 208 Å². The third-order valence-electron chi connectivity index (χ3n) is 7.02. The van der Waals surface area contributed by atoms with Crippen LogP contribution in [0.15, 0.2) is 72.8 Å². The first-order valence-electron chi connectivity index (χ1n) is 11.0. The van der Waals surface area contributed by atoms with Crippen molar-refractivity contribution in [1.29, 1.82) is 0 Å². The Bertz CT molecular complexity index is 1480. The molecule has 3 aliphatic rings. The molecular weight excluding hydrogens is 488 g/mol. The minimum absolute atomic E-state index is 0.0194. The summed E-state index contributed by atoms with van der Waals surface area (Å²) in [5.74, 6) is -5.55. The molecule has 1 spiro atoms. The molecule has 2 fully saturated rings. The van der Waals surface area contributed by atoms with Crippen molar-refractivity contribution in [3.63, 3.8) is 0 Å². The van der Waals surface area contributed by atoms with Crippen molar-refractivity contribution in [2.24, 2.45) is 11.8 Å². The predicted molar refractivity (Wildman–Crippen MR) is 126 cm³/mol. The predicted octanol–water partition coefficient (Wildman–Crippen LogP) is 3.94. The quantitative estimate of drug-likeness (QED) is 0.230. The van der Waals surface area contributed by atoms with Gasteiger partial charge in [-0.15, -0.1) is 0 Å². The van der Waals surface area contributed by atoms with Crippen LogP contribution in [-0.2, 0) is 14.3 Å². The van der Waals surface area contributed by atoms with Crippen molar-refractivity contribution in [3.8, 4) is 0 Å². The number of imide groups is 1. The summed E-state index contributed by atoms with van der Waals surface area (Å²) in [6.07, 6.45) is -1.10. The van der Waals surface area contributed by atoms with Gasteiger partial charge in [0, 0.05) is 28.3 Å². The number of nitro benzene ring substituents is 1. The van der Waals surface area contributed by atoms with Crippen LogP contribution in [0, 0.1) is 22.0 Å². The fourth-order valence-electron chi connectivity index (χ4n) is 5.47. The molecule has 2 aliphatic heterocycles. The molecule has 3 atom stereocenters. The van der Waals surface area contributed by atoms with Gasteiger partial charge in [-0.1, -0.05) is 54.1 Å². The maximum absolute atomic E-state index is 13.8. The second kappa shape index (κ2) is 7.64. The Balaban J connectivity index is 1.54. The average Bonchev–Trinajstić information content (AvgIpc) is 3.44. The first kappa shape index (κ1) is 22.3. The molecule has 36 heavy (non-hydrogen) atoms. The van der Waals surface area contributed by atoms with Gasteiger partial charge in [0.05, 0.1) is 28.6 Å². The largest absolute Gasteiger partial charge is 0.349 e. The summed E-state index contributed by atoms with van der Waals surface area (Å²) in [4.78, 5) is 66.5. The molecule has 9 nitrogen and oxygen atoms in total. The fourth-order valence-corrected chi connectivity index (χ4v) is 5.60. The van der Waals surface area contributed by atoms with Crippen molar-refractivity contribution in [2.45, 2.75) is 11.7 Å². The number of nitrogens with zero attached hydrogens (tertiary/aromatic N) is 2. The van der Waals surface area contributed by atoms with E-state index >= 15 is 0 Å². The van der Waals surface area contributed by atoms with E-state index in [2.05, 4.69) is 0 Å². The van der Waals surface area contributed by atoms with Crippen molar-refractivity contribution in [2.75, 3.05) is 4.90 Å². The van der Waals surface area contributed by atoms with Crippen LogP contribution in [0.5, 0.6) is 0 Å². The van der Waals surface area contributed by atoms with E-state index in [0.717, 1.165) is 11.0 Å². The molecule has 2 amide bonds. The van der Waals surface area contributed by atoms with Crippen molar-refractivity contribution in [3.05, 3.63) is 105 Å². The van der Waals surface area contributed by atoms with E-state index in [1.165, 1.54) is 30.3 Å². The molecule has 0 unspecified atom stereocenters. The number of rotatable bonds is 3. The summed E-state index contributed by atoms with van der Waals surface area (Å²) >= 11 is 6.02. The number of non-ortho nitro benzene ring substituents is 1. The van der Waals surface area contributed by atoms with Gasteiger partial charge in [0.2, 0.25) is 29.0 Å². The number of fused-ring (bicyclic) bond motifs is 3. The lowest BCUT2D eigenvalue weighted by Crippen LogP contribution is -2.51. The van der Waals surface area contributed by atoms with Gasteiger partial charge in [-0.05, 0) is 23.8 Å². The second-order valence-corrected chi connectivity index (χ2v) is 9.26. The van der Waals surface area contributed by atoms with E-state index < -0.39 is 51.8 Å². The van der Waals surface area contributed by atoms with Gasteiger partial charge in [-0.3, -0.25) is 29.3 Å². The number of hydrogen-bond acceptors (Lipinski definition) is 7. The smallest absolute Gasteiger partial charge is 0.271 e. The lowest BCUT2D eigenvalue weighted by molar-refractivity contribution is -0.384. The fraction of sp³-hybridized carbons (Fsp3) is 0.154. The first-order chi connectivity index (χ1) is 17.3. The van der Waals surface area contributed by atoms with Crippen molar-refractivity contribution < 1.29 is 28.8 Å². The normalized spacial score (nSPS) is 23.9. The third kappa shape index (κ3) is 2.81. The van der Waals surface area contributed by atoms with Gasteiger partial charge in [0.1, 0.15) is 0 Å². The summed E-state index contributed by atoms with van der Waals surface area (Å²) in [5.41, 5.74) is -1.86. The van der Waals surface area contributed by atoms with Gasteiger partial charge in [0.15, 0.2) is 0 Å². The van der Waals surface area contributed by atoms with Crippen LogP contribution < -0.4 is 4.90 Å². The van der Waals surface area contributed by atoms with Crippen LogP contribution in [0.4, 0.5) is 11.4 Å². The van der Waals surface area contributed by atoms with Crippen LogP contribution >= 0.6 is 11.6 Å². The monoisotopic (exact) mass is 502 g/mol. The number of amides is 2. The maximum Gasteiger partial charge on any atom is 0.271 e. The maximum atomic E-state index is 13.8. The summed E-state index contributed by atoms with van der Waals surface area (Å²) in [6.45, 7) is 0. The molecule has 1 aliphatic carbocycles. The lowest BCUT2D eigenvalue weighted by atomic mass is 9.77. The number of halogens is 1. The van der Waals surface area contributed by atoms with E-state index in [9.17, 15) is 29.3 Å². The highest BCUT2D eigenvalue weighted by atomic mass is 35.5. The number of benzene rings is 3. The standard InChI is InChI=1S/C26H15ClN2O7/c27-14-10-8-13(9-11-14)21-19-20(26(36-21)22(30)17-6-1-2-7-18(17)23(26)31)25(33)28(24(19)32)15-4-3-5-16(12-15)29(34)35/h1-12,19-21H/t19-,20-,21-/m0/s1. The molecule has 0 aromatic heterocycles. The molecule has 0 saturated carbocycles. The Morgan fingerprint density at radius 1 is 0.861 bits per heavy atom. The Morgan fingerprint density at radius 2 is 1.50 bits per heavy atom. The minimum Gasteiger partial charge on any atom is -0.349 e. The van der Waals surface area contributed by atoms with Crippen LogP contribution in [0.25, 0.3) is 0 Å². The third-order valence-corrected chi connectivity index (χ3v) is 7.27. The van der Waals surface area contributed by atoms with E-state index in [4.69, 9.17) is 16.3 Å². The molecule has 2 heterocycles. The van der Waals surface area contributed by atoms with Crippen molar-refractivity contribution >= 4 is 46.4 Å². The molecule has 0 bridgehead atoms. The molecule has 6 rings (SSSR count). The van der Waals surface area contributed by atoms with Gasteiger partial charge < -0.3 is 4.74 Å². The topological polar surface area (TPSA) is 124 Å². The molecule has 2 saturated heterocycles. The molecule has 0 radical (unpaired) electrons. The number of Topliss-reactive ketones (excluding diaryl/α,β-unsaturated/α-hetero) is 2. The molecule has 178 valence electrons. The lowest BCUT2D eigenvalue weighted by Gasteiger charge is -2.27. The zero-order chi connectivity index (χ0) is 25.4. The number of carbonyl (C=O) groups is 4. The van der Waals surface area contributed by atoms with Gasteiger partial charge in [-0.25, -0.2) is 4.90 Å². The minimum atomic E-state index is -2.22. The summed E-state index contributed by atoms with van der Waals surface area (Å²) in [6, 6.07) is 17.6. The van der Waals surface area contributed by atoms with Crippen LogP contribution in [-0.4, -0.2) is 33.9 Å². The number of hydrogen-bond donors (Lipinski definition) is 0. The summed E-state index contributed by atoms with van der Waals surface area (Å²) in [5, 5.41) is 11.7. The Morgan fingerprint density at radius 3 is 2.11 bits per heavy atom. The van der Waals surface area contributed by atoms with E-state index in [1.54, 1.807) is 36.4 Å². The molecule has 3 aromatic rings. The van der Waals surface area contributed by atoms with Gasteiger partial charge in [-0.2, -0.15) is 0 Å². The zero-order valence-corrected chi connectivity index (χ0v) is 19.0. The molecule has 10 heteroatoms. The summed E-state index contributed by atoms with van der Waals surface area (Å²) in [7, 11) is 0. The second-order valence-electron chi connectivity index (χ2n) is 8.82. The van der Waals surface area contributed by atoms with Crippen molar-refractivity contribution in [1.82, 2.24) is 0 Å². The van der Waals surface area contributed by atoms with E-state index in [1.807, 2.05) is 0 Å². The molecular formula is C26H15ClN2O7. The number of anilines is 1. The highest BCUT2D eigenvalue weighted by molar-refractivity contribution is 6.37. The Kier molecular flexibility index (Phi) is 4.73. The number of ether oxygens (including phenoxy) is 1. The summed E-state index contributed by atoms with van der Waals surface area (Å²) < 4.78 is 6.18. The highest BCUT2D eigenvalue weighted by Gasteiger charge is 2.74. The SMILES string of the molecule is O=C1[C@H]2[C@@H](C(=O)N1c1cccc([N+](=O)[O-])c1)C1(O[C@H]2c2ccc(Cl)cc2)C(=O)c2ccccc2C1=O. The number of carbonyl (C=O) groups excluding carboxylic acids is 4. The Hall–Kier alpha value is -4.21. The van der Waals surface area contributed by atoms with E-state index in [-0.39, 0.29) is 22.5 Å². The average molecular weight is 503 g/mol. The zero-order valence-electron chi connectivity index (χ0n) is 18.3. The number of nitro groups is 1. The van der Waals surface area contributed by atoms with Crippen LogP contribution in [0.1, 0.15) is 32.4 Å². The van der Waals surface area contributed by atoms with E-state index in [0.29, 0.717) is 10.6 Å². The molecule has 0 N–H and O–H groups in total. The number of ketones is 2. The highest BCUT2D eigenvalue weighted by Crippen LogP contribution is 2.57. The first-order valence-corrected chi connectivity index (χ1v) is 11.4. The van der Waals surface area contributed by atoms with Gasteiger partial charge >= 0.3 is 0 Å². The van der Waals surface area contributed by atoms with Crippen LogP contribution in [0.2, 0.25) is 5.02 Å². The van der Waals surface area contributed by atoms with Crippen LogP contribution in [0.3, 0.4) is 0 Å². The molecule has 3 aromatic carbocycles.